The predicted molar refractivity (Wildman–Crippen MR) is 91.8 cm³/mol. The van der Waals surface area contributed by atoms with Gasteiger partial charge in [-0.3, -0.25) is 19.8 Å². The molecular weight excluding hydrogens is 344 g/mol. The lowest BCUT2D eigenvalue weighted by Gasteiger charge is -2.04. The SMILES string of the molecule is CN1C(=O)C(=Cc2ccc(SCCO)c([N+](=O)[O-])c2)SC1=S. The number of benzene rings is 1. The van der Waals surface area contributed by atoms with Crippen molar-refractivity contribution < 1.29 is 14.8 Å². The molecule has 0 aliphatic carbocycles. The number of likely N-dealkylation sites (N-methyl/N-ethyl adjacent to an activating group) is 1. The summed E-state index contributed by atoms with van der Waals surface area (Å²) in [6.45, 7) is -0.0530. The Morgan fingerprint density at radius 2 is 2.27 bits per heavy atom. The van der Waals surface area contributed by atoms with E-state index < -0.39 is 4.92 Å². The third kappa shape index (κ3) is 3.67. The van der Waals surface area contributed by atoms with Crippen molar-refractivity contribution in [3.8, 4) is 0 Å². The van der Waals surface area contributed by atoms with Gasteiger partial charge in [0, 0.05) is 18.9 Å². The molecule has 9 heteroatoms. The highest BCUT2D eigenvalue weighted by Crippen LogP contribution is 2.34. The molecule has 1 amide bonds. The Bertz CT molecular complexity index is 675. The third-order valence-corrected chi connectivity index (χ3v) is 5.34. The summed E-state index contributed by atoms with van der Waals surface area (Å²) in [7, 11) is 1.59. The molecule has 0 aromatic heterocycles. The zero-order valence-electron chi connectivity index (χ0n) is 11.5. The number of aliphatic hydroxyl groups excluding tert-OH is 1. The average molecular weight is 356 g/mol. The van der Waals surface area contributed by atoms with E-state index in [1.54, 1.807) is 25.3 Å². The van der Waals surface area contributed by atoms with Gasteiger partial charge in [-0.2, -0.15) is 0 Å². The molecule has 22 heavy (non-hydrogen) atoms. The zero-order valence-corrected chi connectivity index (χ0v) is 14.0. The van der Waals surface area contributed by atoms with E-state index >= 15 is 0 Å². The number of carbonyl (C=O) groups is 1. The fourth-order valence-corrected chi connectivity index (χ4v) is 3.68. The Hall–Kier alpha value is -1.42. The number of rotatable bonds is 5. The minimum atomic E-state index is -0.470. The van der Waals surface area contributed by atoms with Crippen molar-refractivity contribution in [3.05, 3.63) is 38.8 Å². The smallest absolute Gasteiger partial charge is 0.283 e. The van der Waals surface area contributed by atoms with Crippen LogP contribution in [0.15, 0.2) is 28.0 Å². The summed E-state index contributed by atoms with van der Waals surface area (Å²) in [6, 6.07) is 4.74. The first kappa shape index (κ1) is 16.9. The summed E-state index contributed by atoms with van der Waals surface area (Å²) in [6.07, 6.45) is 1.59. The van der Waals surface area contributed by atoms with E-state index in [1.807, 2.05) is 0 Å². The molecule has 6 nitrogen and oxygen atoms in total. The second kappa shape index (κ2) is 7.23. The highest BCUT2D eigenvalue weighted by atomic mass is 32.2. The summed E-state index contributed by atoms with van der Waals surface area (Å²) in [5, 5.41) is 20.0. The van der Waals surface area contributed by atoms with Gasteiger partial charge in [-0.05, 0) is 17.7 Å². The lowest BCUT2D eigenvalue weighted by molar-refractivity contribution is -0.387. The minimum absolute atomic E-state index is 0.0424. The second-order valence-electron chi connectivity index (χ2n) is 4.30. The molecule has 0 unspecified atom stereocenters. The van der Waals surface area contributed by atoms with E-state index in [0.29, 0.717) is 25.4 Å². The maximum atomic E-state index is 11.9. The summed E-state index contributed by atoms with van der Waals surface area (Å²) >= 11 is 7.42. The van der Waals surface area contributed by atoms with Crippen LogP contribution in [0.1, 0.15) is 5.56 Å². The van der Waals surface area contributed by atoms with Crippen LogP contribution in [0.25, 0.3) is 6.08 Å². The molecule has 1 aromatic rings. The van der Waals surface area contributed by atoms with Crippen LogP contribution in [-0.4, -0.2) is 44.6 Å². The van der Waals surface area contributed by atoms with Gasteiger partial charge < -0.3 is 5.11 Å². The van der Waals surface area contributed by atoms with E-state index in [1.165, 1.54) is 34.5 Å². The highest BCUT2D eigenvalue weighted by Gasteiger charge is 2.28. The van der Waals surface area contributed by atoms with E-state index in [-0.39, 0.29) is 18.2 Å². The molecule has 1 aromatic carbocycles. The maximum Gasteiger partial charge on any atom is 0.283 e. The average Bonchev–Trinajstić information content (AvgIpc) is 2.73. The van der Waals surface area contributed by atoms with Crippen molar-refractivity contribution in [1.29, 1.82) is 0 Å². The van der Waals surface area contributed by atoms with Gasteiger partial charge in [-0.1, -0.05) is 30.0 Å². The Morgan fingerprint density at radius 1 is 1.55 bits per heavy atom. The number of nitro groups is 1. The molecule has 2 rings (SSSR count). The summed E-state index contributed by atoms with van der Waals surface area (Å²) < 4.78 is 0.459. The van der Waals surface area contributed by atoms with E-state index in [2.05, 4.69) is 0 Å². The first-order valence-corrected chi connectivity index (χ1v) is 8.38. The molecule has 1 saturated heterocycles. The van der Waals surface area contributed by atoms with Crippen molar-refractivity contribution >= 4 is 57.7 Å². The molecule has 0 spiro atoms. The molecule has 1 aliphatic rings. The van der Waals surface area contributed by atoms with Crippen LogP contribution in [0.2, 0.25) is 0 Å². The number of carbonyl (C=O) groups excluding carboxylic acids is 1. The molecule has 1 N–H and O–H groups in total. The molecule has 1 heterocycles. The molecule has 1 aliphatic heterocycles. The van der Waals surface area contributed by atoms with Crippen molar-refractivity contribution in [2.24, 2.45) is 0 Å². The number of hydrogen-bond donors (Lipinski definition) is 1. The normalized spacial score (nSPS) is 16.6. The van der Waals surface area contributed by atoms with Crippen LogP contribution in [0.3, 0.4) is 0 Å². The van der Waals surface area contributed by atoms with Gasteiger partial charge in [0.15, 0.2) is 0 Å². The molecule has 0 saturated carbocycles. The van der Waals surface area contributed by atoms with Crippen LogP contribution in [0, 0.1) is 10.1 Å². The monoisotopic (exact) mass is 356 g/mol. The Kier molecular flexibility index (Phi) is 5.57. The van der Waals surface area contributed by atoms with Gasteiger partial charge in [-0.25, -0.2) is 0 Å². The Morgan fingerprint density at radius 3 is 2.82 bits per heavy atom. The largest absolute Gasteiger partial charge is 0.396 e. The van der Waals surface area contributed by atoms with Gasteiger partial charge in [0.05, 0.1) is 21.3 Å². The van der Waals surface area contributed by atoms with Crippen LogP contribution in [-0.2, 0) is 4.79 Å². The van der Waals surface area contributed by atoms with Crippen LogP contribution < -0.4 is 0 Å². The van der Waals surface area contributed by atoms with Gasteiger partial charge in [0.2, 0.25) is 0 Å². The first-order chi connectivity index (χ1) is 10.4. The Labute approximate surface area is 140 Å². The number of nitrogens with zero attached hydrogens (tertiary/aromatic N) is 2. The van der Waals surface area contributed by atoms with Crippen LogP contribution >= 0.6 is 35.7 Å². The number of hydrogen-bond acceptors (Lipinski definition) is 7. The number of thiocarbonyl (C=S) groups is 1. The lowest BCUT2D eigenvalue weighted by atomic mass is 10.2. The Balaban J connectivity index is 2.33. The van der Waals surface area contributed by atoms with Gasteiger partial charge in [0.25, 0.3) is 11.6 Å². The summed E-state index contributed by atoms with van der Waals surface area (Å²) in [5.74, 6) is 0.172. The molecular formula is C13H12N2O4S3. The maximum absolute atomic E-state index is 11.9. The van der Waals surface area contributed by atoms with Gasteiger partial charge in [-0.15, -0.1) is 11.8 Å². The zero-order chi connectivity index (χ0) is 16.3. The predicted octanol–water partition coefficient (Wildman–Crippen LogP) is 2.51. The van der Waals surface area contributed by atoms with E-state index in [0.717, 1.165) is 0 Å². The van der Waals surface area contributed by atoms with Crippen molar-refractivity contribution in [1.82, 2.24) is 4.90 Å². The van der Waals surface area contributed by atoms with Crippen LogP contribution in [0.5, 0.6) is 0 Å². The van der Waals surface area contributed by atoms with Crippen molar-refractivity contribution in [2.45, 2.75) is 4.90 Å². The fourth-order valence-electron chi connectivity index (χ4n) is 1.74. The fraction of sp³-hybridized carbons (Fsp3) is 0.231. The van der Waals surface area contributed by atoms with Crippen molar-refractivity contribution in [3.63, 3.8) is 0 Å². The standard InChI is InChI=1S/C13H12N2O4S3/c1-14-12(17)11(22-13(14)20)7-8-2-3-10(21-5-4-16)9(6-8)15(18)19/h2-3,6-7,16H,4-5H2,1H3. The molecule has 1 fully saturated rings. The molecule has 0 bridgehead atoms. The number of nitro benzene ring substituents is 1. The third-order valence-electron chi connectivity index (χ3n) is 2.81. The van der Waals surface area contributed by atoms with Gasteiger partial charge >= 0.3 is 0 Å². The lowest BCUT2D eigenvalue weighted by Crippen LogP contribution is -2.22. The number of aliphatic hydroxyl groups is 1. The van der Waals surface area contributed by atoms with E-state index in [4.69, 9.17) is 17.3 Å². The summed E-state index contributed by atoms with van der Waals surface area (Å²) in [5.41, 5.74) is 0.521. The first-order valence-electron chi connectivity index (χ1n) is 6.17. The molecule has 0 atom stereocenters. The molecule has 0 radical (unpaired) electrons. The van der Waals surface area contributed by atoms with Crippen molar-refractivity contribution in [2.75, 3.05) is 19.4 Å². The second-order valence-corrected chi connectivity index (χ2v) is 7.11. The topological polar surface area (TPSA) is 83.7 Å². The van der Waals surface area contributed by atoms with Gasteiger partial charge in [0.1, 0.15) is 4.32 Å². The van der Waals surface area contributed by atoms with Crippen LogP contribution in [0.4, 0.5) is 5.69 Å². The highest BCUT2D eigenvalue weighted by molar-refractivity contribution is 8.26. The number of thioether (sulfide) groups is 2. The van der Waals surface area contributed by atoms with E-state index in [9.17, 15) is 14.9 Å². The number of amides is 1. The minimum Gasteiger partial charge on any atom is -0.396 e. The summed E-state index contributed by atoms with van der Waals surface area (Å²) in [4.78, 5) is 24.9. The quantitative estimate of drug-likeness (QED) is 0.285. The molecule has 116 valence electrons.